The van der Waals surface area contributed by atoms with Crippen LogP contribution in [0.2, 0.25) is 0 Å². The summed E-state index contributed by atoms with van der Waals surface area (Å²) in [6.07, 6.45) is 3.13. The van der Waals surface area contributed by atoms with Crippen molar-refractivity contribution in [3.05, 3.63) is 35.9 Å². The van der Waals surface area contributed by atoms with E-state index >= 15 is 0 Å². The van der Waals surface area contributed by atoms with Crippen molar-refractivity contribution < 1.29 is 9.53 Å². The van der Waals surface area contributed by atoms with E-state index in [0.29, 0.717) is 12.1 Å². The zero-order valence-corrected chi connectivity index (χ0v) is 10.4. The Labute approximate surface area is 103 Å². The molecule has 0 unspecified atom stereocenters. The van der Waals surface area contributed by atoms with Crippen LogP contribution in [0.15, 0.2) is 30.3 Å². The van der Waals surface area contributed by atoms with E-state index in [1.807, 2.05) is 30.3 Å². The van der Waals surface area contributed by atoms with E-state index in [1.165, 1.54) is 0 Å². The van der Waals surface area contributed by atoms with Gasteiger partial charge in [0, 0.05) is 25.3 Å². The lowest BCUT2D eigenvalue weighted by Crippen LogP contribution is -2.25. The lowest BCUT2D eigenvalue weighted by molar-refractivity contribution is 0.0940. The Balaban J connectivity index is 2.05. The molecule has 0 spiro atoms. The van der Waals surface area contributed by atoms with E-state index in [2.05, 4.69) is 12.2 Å². The van der Waals surface area contributed by atoms with Crippen LogP contribution in [0.1, 0.15) is 36.5 Å². The summed E-state index contributed by atoms with van der Waals surface area (Å²) in [5.74, 6) is -0.0147. The van der Waals surface area contributed by atoms with Gasteiger partial charge in [0.15, 0.2) is 0 Å². The molecule has 3 nitrogen and oxygen atoms in total. The van der Waals surface area contributed by atoms with Crippen LogP contribution in [-0.2, 0) is 4.74 Å². The smallest absolute Gasteiger partial charge is 0.251 e. The van der Waals surface area contributed by atoms with Gasteiger partial charge in [-0.2, -0.15) is 0 Å². The summed E-state index contributed by atoms with van der Waals surface area (Å²) in [4.78, 5) is 11.6. The van der Waals surface area contributed by atoms with Crippen LogP contribution < -0.4 is 5.32 Å². The Hall–Kier alpha value is -1.35. The Morgan fingerprint density at radius 2 is 1.88 bits per heavy atom. The molecule has 17 heavy (non-hydrogen) atoms. The van der Waals surface area contributed by atoms with Crippen molar-refractivity contribution in [2.75, 3.05) is 19.8 Å². The maximum Gasteiger partial charge on any atom is 0.251 e. The minimum Gasteiger partial charge on any atom is -0.381 e. The SMILES string of the molecule is CCCCOCCCNC(=O)c1ccccc1. The first-order valence-corrected chi connectivity index (χ1v) is 6.25. The molecule has 1 N–H and O–H groups in total. The molecule has 3 heteroatoms. The van der Waals surface area contributed by atoms with E-state index in [9.17, 15) is 4.79 Å². The van der Waals surface area contributed by atoms with E-state index in [1.54, 1.807) is 0 Å². The second-order valence-electron chi connectivity index (χ2n) is 3.94. The Bertz CT molecular complexity index is 311. The van der Waals surface area contributed by atoms with Gasteiger partial charge >= 0.3 is 0 Å². The van der Waals surface area contributed by atoms with E-state index in [4.69, 9.17) is 4.74 Å². The topological polar surface area (TPSA) is 38.3 Å². The number of carbonyl (C=O) groups excluding carboxylic acids is 1. The van der Waals surface area contributed by atoms with Crippen molar-refractivity contribution in [1.82, 2.24) is 5.32 Å². The molecule has 94 valence electrons. The Morgan fingerprint density at radius 3 is 2.59 bits per heavy atom. The number of hydrogen-bond donors (Lipinski definition) is 1. The van der Waals surface area contributed by atoms with Crippen LogP contribution in [0.5, 0.6) is 0 Å². The molecule has 0 atom stereocenters. The zero-order valence-electron chi connectivity index (χ0n) is 10.4. The number of nitrogens with one attached hydrogen (secondary N) is 1. The maximum atomic E-state index is 11.6. The second kappa shape index (κ2) is 8.76. The molecule has 0 saturated carbocycles. The van der Waals surface area contributed by atoms with E-state index in [0.717, 1.165) is 32.5 Å². The van der Waals surface area contributed by atoms with Gasteiger partial charge in [0.1, 0.15) is 0 Å². The summed E-state index contributed by atoms with van der Waals surface area (Å²) in [5, 5.41) is 2.87. The number of ether oxygens (including phenoxy) is 1. The minimum absolute atomic E-state index is 0.0147. The molecule has 1 aromatic rings. The quantitative estimate of drug-likeness (QED) is 0.703. The van der Waals surface area contributed by atoms with Gasteiger partial charge in [-0.15, -0.1) is 0 Å². The average molecular weight is 235 g/mol. The molecule has 1 aromatic carbocycles. The lowest BCUT2D eigenvalue weighted by Gasteiger charge is -2.05. The molecular formula is C14H21NO2. The molecule has 0 aliphatic carbocycles. The van der Waals surface area contributed by atoms with Gasteiger partial charge in [0.05, 0.1) is 0 Å². The van der Waals surface area contributed by atoms with Crippen molar-refractivity contribution in [3.8, 4) is 0 Å². The van der Waals surface area contributed by atoms with Gasteiger partial charge < -0.3 is 10.1 Å². The third-order valence-electron chi connectivity index (χ3n) is 2.43. The number of benzene rings is 1. The highest BCUT2D eigenvalue weighted by atomic mass is 16.5. The largest absolute Gasteiger partial charge is 0.381 e. The first-order valence-electron chi connectivity index (χ1n) is 6.25. The highest BCUT2D eigenvalue weighted by Crippen LogP contribution is 1.97. The molecule has 0 saturated heterocycles. The maximum absolute atomic E-state index is 11.6. The predicted molar refractivity (Wildman–Crippen MR) is 69.1 cm³/mol. The summed E-state index contributed by atoms with van der Waals surface area (Å²) < 4.78 is 5.41. The Morgan fingerprint density at radius 1 is 1.18 bits per heavy atom. The summed E-state index contributed by atoms with van der Waals surface area (Å²) in [7, 11) is 0. The third-order valence-corrected chi connectivity index (χ3v) is 2.43. The van der Waals surface area contributed by atoms with E-state index < -0.39 is 0 Å². The first-order chi connectivity index (χ1) is 8.34. The zero-order chi connectivity index (χ0) is 12.3. The summed E-state index contributed by atoms with van der Waals surface area (Å²) in [6.45, 7) is 4.35. The van der Waals surface area contributed by atoms with Crippen molar-refractivity contribution in [2.24, 2.45) is 0 Å². The highest BCUT2D eigenvalue weighted by molar-refractivity contribution is 5.94. The van der Waals surface area contributed by atoms with Crippen LogP contribution >= 0.6 is 0 Å². The molecule has 0 aliphatic rings. The van der Waals surface area contributed by atoms with Gasteiger partial charge in [0.2, 0.25) is 0 Å². The monoisotopic (exact) mass is 235 g/mol. The second-order valence-corrected chi connectivity index (χ2v) is 3.94. The predicted octanol–water partition coefficient (Wildman–Crippen LogP) is 2.62. The molecule has 1 amide bonds. The molecule has 0 aromatic heterocycles. The van der Waals surface area contributed by atoms with Crippen molar-refractivity contribution in [3.63, 3.8) is 0 Å². The lowest BCUT2D eigenvalue weighted by atomic mass is 10.2. The fourth-order valence-electron chi connectivity index (χ4n) is 1.42. The molecular weight excluding hydrogens is 214 g/mol. The number of amides is 1. The minimum atomic E-state index is -0.0147. The number of hydrogen-bond acceptors (Lipinski definition) is 2. The fraction of sp³-hybridized carbons (Fsp3) is 0.500. The normalized spacial score (nSPS) is 10.2. The molecule has 0 radical (unpaired) electrons. The van der Waals surface area contributed by atoms with Gasteiger partial charge in [-0.05, 0) is 25.0 Å². The molecule has 0 heterocycles. The molecule has 0 fully saturated rings. The van der Waals surface area contributed by atoms with Crippen LogP contribution in [0.3, 0.4) is 0 Å². The van der Waals surface area contributed by atoms with Crippen LogP contribution in [0, 0.1) is 0 Å². The fourth-order valence-corrected chi connectivity index (χ4v) is 1.42. The Kier molecular flexibility index (Phi) is 7.07. The van der Waals surface area contributed by atoms with Crippen molar-refractivity contribution >= 4 is 5.91 Å². The average Bonchev–Trinajstić information content (AvgIpc) is 2.38. The van der Waals surface area contributed by atoms with Crippen molar-refractivity contribution in [2.45, 2.75) is 26.2 Å². The molecule has 1 rings (SSSR count). The van der Waals surface area contributed by atoms with Gasteiger partial charge in [-0.3, -0.25) is 4.79 Å². The third kappa shape index (κ3) is 6.07. The van der Waals surface area contributed by atoms with Crippen LogP contribution in [-0.4, -0.2) is 25.7 Å². The van der Waals surface area contributed by atoms with Gasteiger partial charge in [-0.25, -0.2) is 0 Å². The summed E-state index contributed by atoms with van der Waals surface area (Å²) in [5.41, 5.74) is 0.708. The van der Waals surface area contributed by atoms with Crippen molar-refractivity contribution in [1.29, 1.82) is 0 Å². The molecule has 0 aliphatic heterocycles. The standard InChI is InChI=1S/C14H21NO2/c1-2-3-11-17-12-7-10-15-14(16)13-8-5-4-6-9-13/h4-6,8-9H,2-3,7,10-12H2,1H3,(H,15,16). The number of unbranched alkanes of at least 4 members (excludes halogenated alkanes) is 1. The summed E-state index contributed by atoms with van der Waals surface area (Å²) in [6, 6.07) is 9.25. The van der Waals surface area contributed by atoms with Crippen LogP contribution in [0.4, 0.5) is 0 Å². The van der Waals surface area contributed by atoms with Gasteiger partial charge in [0.25, 0.3) is 5.91 Å². The number of rotatable bonds is 8. The molecule has 0 bridgehead atoms. The van der Waals surface area contributed by atoms with Crippen LogP contribution in [0.25, 0.3) is 0 Å². The summed E-state index contributed by atoms with van der Waals surface area (Å²) >= 11 is 0. The first kappa shape index (κ1) is 13.7. The van der Waals surface area contributed by atoms with Gasteiger partial charge in [-0.1, -0.05) is 31.5 Å². The van der Waals surface area contributed by atoms with E-state index in [-0.39, 0.29) is 5.91 Å². The highest BCUT2D eigenvalue weighted by Gasteiger charge is 2.02. The number of carbonyl (C=O) groups is 1.